The van der Waals surface area contributed by atoms with E-state index in [-0.39, 0.29) is 12.0 Å². The molecule has 0 radical (unpaired) electrons. The van der Waals surface area contributed by atoms with Crippen LogP contribution in [0.4, 0.5) is 0 Å². The van der Waals surface area contributed by atoms with Crippen molar-refractivity contribution in [2.24, 2.45) is 5.92 Å². The van der Waals surface area contributed by atoms with Gasteiger partial charge in [-0.25, -0.2) is 0 Å². The fourth-order valence-electron chi connectivity index (χ4n) is 2.70. The molecular weight excluding hydrogens is 318 g/mol. The van der Waals surface area contributed by atoms with Gasteiger partial charge in [0, 0.05) is 17.4 Å². The van der Waals surface area contributed by atoms with Crippen LogP contribution in [0.5, 0.6) is 0 Å². The van der Waals surface area contributed by atoms with Gasteiger partial charge in [-0.1, -0.05) is 34.5 Å². The van der Waals surface area contributed by atoms with Crippen molar-refractivity contribution in [1.29, 1.82) is 0 Å². The number of aryl methyl sites for hydroxylation is 1. The lowest BCUT2D eigenvalue weighted by molar-refractivity contribution is -0.121. The van der Waals surface area contributed by atoms with E-state index in [9.17, 15) is 9.90 Å². The number of rotatable bonds is 5. The van der Waals surface area contributed by atoms with Crippen LogP contribution in [-0.4, -0.2) is 23.7 Å². The van der Waals surface area contributed by atoms with Gasteiger partial charge in [-0.15, -0.1) is 0 Å². The zero-order chi connectivity index (χ0) is 14.4. The average molecular weight is 340 g/mol. The van der Waals surface area contributed by atoms with E-state index < -0.39 is 0 Å². The first-order valence-electron chi connectivity index (χ1n) is 7.32. The van der Waals surface area contributed by atoms with Crippen molar-refractivity contribution in [2.45, 2.75) is 44.6 Å². The molecular formula is C16H22BrNO2. The normalized spacial score (nSPS) is 22.5. The predicted molar refractivity (Wildman–Crippen MR) is 83.4 cm³/mol. The molecule has 110 valence electrons. The van der Waals surface area contributed by atoms with Crippen molar-refractivity contribution < 1.29 is 9.90 Å². The van der Waals surface area contributed by atoms with Crippen LogP contribution in [0.15, 0.2) is 28.7 Å². The highest BCUT2D eigenvalue weighted by Gasteiger charge is 2.20. The monoisotopic (exact) mass is 339 g/mol. The number of aliphatic hydroxyl groups is 1. The van der Waals surface area contributed by atoms with E-state index in [1.807, 2.05) is 24.3 Å². The summed E-state index contributed by atoms with van der Waals surface area (Å²) in [5.41, 5.74) is 1.18. The molecule has 0 aliphatic heterocycles. The summed E-state index contributed by atoms with van der Waals surface area (Å²) >= 11 is 3.40. The highest BCUT2D eigenvalue weighted by Crippen LogP contribution is 2.23. The molecule has 2 rings (SSSR count). The summed E-state index contributed by atoms with van der Waals surface area (Å²) < 4.78 is 1.06. The number of halogens is 1. The zero-order valence-electron chi connectivity index (χ0n) is 11.6. The highest BCUT2D eigenvalue weighted by atomic mass is 79.9. The predicted octanol–water partition coefficient (Wildman–Crippen LogP) is 3.05. The molecule has 0 saturated heterocycles. The van der Waals surface area contributed by atoms with Crippen molar-refractivity contribution in [2.75, 3.05) is 6.54 Å². The van der Waals surface area contributed by atoms with E-state index in [2.05, 4.69) is 21.2 Å². The van der Waals surface area contributed by atoms with Gasteiger partial charge >= 0.3 is 0 Å². The van der Waals surface area contributed by atoms with Gasteiger partial charge < -0.3 is 10.4 Å². The highest BCUT2D eigenvalue weighted by molar-refractivity contribution is 9.10. The molecule has 1 aromatic carbocycles. The van der Waals surface area contributed by atoms with Gasteiger partial charge in [0.15, 0.2) is 0 Å². The molecule has 1 saturated carbocycles. The SMILES string of the molecule is O=C(CCc1ccc(Br)cc1)NC[C@@H]1CCC[C@H](O)C1. The number of nitrogens with one attached hydrogen (secondary N) is 1. The van der Waals surface area contributed by atoms with Crippen LogP contribution in [0, 0.1) is 5.92 Å². The molecule has 1 fully saturated rings. The Labute approximate surface area is 128 Å². The van der Waals surface area contributed by atoms with Crippen molar-refractivity contribution in [3.05, 3.63) is 34.3 Å². The van der Waals surface area contributed by atoms with Gasteiger partial charge in [-0.2, -0.15) is 0 Å². The van der Waals surface area contributed by atoms with Crippen molar-refractivity contribution in [3.8, 4) is 0 Å². The third-order valence-corrected chi connectivity index (χ3v) is 4.43. The second-order valence-corrected chi connectivity index (χ2v) is 6.53. The van der Waals surface area contributed by atoms with E-state index in [4.69, 9.17) is 0 Å². The largest absolute Gasteiger partial charge is 0.393 e. The fourth-order valence-corrected chi connectivity index (χ4v) is 2.97. The lowest BCUT2D eigenvalue weighted by atomic mass is 9.87. The van der Waals surface area contributed by atoms with Crippen molar-refractivity contribution in [3.63, 3.8) is 0 Å². The standard InChI is InChI=1S/C16H22BrNO2/c17-14-7-4-12(5-8-14)6-9-16(20)18-11-13-2-1-3-15(19)10-13/h4-5,7-8,13,15,19H,1-3,6,9-11H2,(H,18,20)/t13-,15+/m1/s1. The zero-order valence-corrected chi connectivity index (χ0v) is 13.2. The second kappa shape index (κ2) is 7.79. The number of hydrogen-bond acceptors (Lipinski definition) is 2. The molecule has 2 N–H and O–H groups in total. The smallest absolute Gasteiger partial charge is 0.220 e. The maximum Gasteiger partial charge on any atom is 0.220 e. The van der Waals surface area contributed by atoms with Gasteiger partial charge in [0.25, 0.3) is 0 Å². The quantitative estimate of drug-likeness (QED) is 0.866. The molecule has 0 aromatic heterocycles. The fraction of sp³-hybridized carbons (Fsp3) is 0.562. The van der Waals surface area contributed by atoms with Crippen molar-refractivity contribution in [1.82, 2.24) is 5.32 Å². The summed E-state index contributed by atoms with van der Waals surface area (Å²) in [5.74, 6) is 0.545. The second-order valence-electron chi connectivity index (χ2n) is 5.62. The summed E-state index contributed by atoms with van der Waals surface area (Å²) in [6.45, 7) is 0.705. The minimum Gasteiger partial charge on any atom is -0.393 e. The number of aliphatic hydroxyl groups excluding tert-OH is 1. The molecule has 0 bridgehead atoms. The molecule has 0 unspecified atom stereocenters. The number of hydrogen-bond donors (Lipinski definition) is 2. The van der Waals surface area contributed by atoms with Crippen LogP contribution >= 0.6 is 15.9 Å². The Morgan fingerprint density at radius 2 is 2.05 bits per heavy atom. The average Bonchev–Trinajstić information content (AvgIpc) is 2.45. The van der Waals surface area contributed by atoms with Gasteiger partial charge in [-0.05, 0) is 49.3 Å². The Balaban J connectivity index is 1.66. The van der Waals surface area contributed by atoms with E-state index in [1.54, 1.807) is 0 Å². The number of amides is 1. The maximum atomic E-state index is 11.8. The van der Waals surface area contributed by atoms with Crippen LogP contribution in [0.1, 0.15) is 37.7 Å². The molecule has 1 amide bonds. The number of benzene rings is 1. The topological polar surface area (TPSA) is 49.3 Å². The van der Waals surface area contributed by atoms with Gasteiger partial charge in [0.1, 0.15) is 0 Å². The van der Waals surface area contributed by atoms with Crippen LogP contribution in [0.3, 0.4) is 0 Å². The summed E-state index contributed by atoms with van der Waals surface area (Å²) in [6.07, 6.45) is 5.04. The Morgan fingerprint density at radius 3 is 2.75 bits per heavy atom. The minimum absolute atomic E-state index is 0.105. The van der Waals surface area contributed by atoms with Gasteiger partial charge in [-0.3, -0.25) is 4.79 Å². The van der Waals surface area contributed by atoms with Crippen LogP contribution in [0.2, 0.25) is 0 Å². The molecule has 0 spiro atoms. The molecule has 0 heterocycles. The first-order valence-corrected chi connectivity index (χ1v) is 8.12. The van der Waals surface area contributed by atoms with Crippen LogP contribution in [0.25, 0.3) is 0 Å². The van der Waals surface area contributed by atoms with E-state index in [0.717, 1.165) is 36.6 Å². The summed E-state index contributed by atoms with van der Waals surface area (Å²) in [6, 6.07) is 8.07. The van der Waals surface area contributed by atoms with Crippen LogP contribution in [-0.2, 0) is 11.2 Å². The molecule has 1 aromatic rings. The lowest BCUT2D eigenvalue weighted by Crippen LogP contribution is -2.33. The van der Waals surface area contributed by atoms with Gasteiger partial charge in [0.2, 0.25) is 5.91 Å². The summed E-state index contributed by atoms with van der Waals surface area (Å²) in [5, 5.41) is 12.6. The molecule has 4 heteroatoms. The maximum absolute atomic E-state index is 11.8. The van der Waals surface area contributed by atoms with E-state index >= 15 is 0 Å². The first kappa shape index (κ1) is 15.5. The molecule has 1 aliphatic rings. The molecule has 3 nitrogen and oxygen atoms in total. The molecule has 1 aliphatic carbocycles. The first-order chi connectivity index (χ1) is 9.63. The third kappa shape index (κ3) is 5.25. The van der Waals surface area contributed by atoms with Crippen molar-refractivity contribution >= 4 is 21.8 Å². The minimum atomic E-state index is -0.173. The number of carbonyl (C=O) groups excluding carboxylic acids is 1. The third-order valence-electron chi connectivity index (χ3n) is 3.90. The Hall–Kier alpha value is -0.870. The van der Waals surface area contributed by atoms with E-state index in [0.29, 0.717) is 18.9 Å². The Bertz CT molecular complexity index is 433. The number of carbonyl (C=O) groups is 1. The molecule has 2 atom stereocenters. The van der Waals surface area contributed by atoms with Gasteiger partial charge in [0.05, 0.1) is 6.10 Å². The Kier molecular flexibility index (Phi) is 6.05. The van der Waals surface area contributed by atoms with E-state index in [1.165, 1.54) is 5.56 Å². The lowest BCUT2D eigenvalue weighted by Gasteiger charge is -2.25. The molecule has 20 heavy (non-hydrogen) atoms. The Morgan fingerprint density at radius 1 is 1.30 bits per heavy atom. The summed E-state index contributed by atoms with van der Waals surface area (Å²) in [7, 11) is 0. The van der Waals surface area contributed by atoms with Crippen LogP contribution < -0.4 is 5.32 Å². The summed E-state index contributed by atoms with van der Waals surface area (Å²) in [4.78, 5) is 11.8.